The summed E-state index contributed by atoms with van der Waals surface area (Å²) in [4.78, 5) is 0. The van der Waals surface area contributed by atoms with Gasteiger partial charge < -0.3 is 4.43 Å². The maximum atomic E-state index is 5.07. The van der Waals surface area contributed by atoms with Crippen LogP contribution in [-0.4, -0.2) is 19.5 Å². The van der Waals surface area contributed by atoms with Gasteiger partial charge in [-0.1, -0.05) is 0 Å². The molecule has 0 aliphatic rings. The zero-order chi connectivity index (χ0) is 7.33. The Morgan fingerprint density at radius 3 is 2.33 bits per heavy atom. The molecule has 0 radical (unpaired) electrons. The monoisotopic (exact) mass is 200 g/mol. The molecule has 0 heterocycles. The lowest BCUT2D eigenvalue weighted by atomic mass is 10.6. The zero-order valence-electron chi connectivity index (χ0n) is 5.37. The van der Waals surface area contributed by atoms with Crippen LogP contribution in [0.4, 0.5) is 0 Å². The normalized spacial score (nSPS) is 12.0. The summed E-state index contributed by atoms with van der Waals surface area (Å²) >= 11 is 12.6. The summed E-state index contributed by atoms with van der Waals surface area (Å²) < 4.78 is 5.07. The average molecular weight is 200 g/mol. The zero-order valence-corrected chi connectivity index (χ0v) is 9.05. The van der Waals surface area contributed by atoms with Crippen LogP contribution in [0.2, 0.25) is 6.04 Å². The molecule has 0 aromatic heterocycles. The Morgan fingerprint density at radius 2 is 2.00 bits per heavy atom. The van der Waals surface area contributed by atoms with Gasteiger partial charge in [-0.3, -0.25) is 0 Å². The molecule has 1 nitrogen and oxygen atoms in total. The molecule has 0 amide bonds. The minimum Gasteiger partial charge on any atom is -0.403 e. The van der Waals surface area contributed by atoms with Crippen LogP contribution in [0.5, 0.6) is 0 Å². The van der Waals surface area contributed by atoms with Crippen LogP contribution in [-0.2, 0) is 4.43 Å². The second-order valence-corrected chi connectivity index (χ2v) is 10.0. The van der Waals surface area contributed by atoms with Gasteiger partial charge in [-0.25, -0.2) is 0 Å². The molecule has 5 heteroatoms. The van der Waals surface area contributed by atoms with E-state index in [2.05, 4.69) is 36.8 Å². The summed E-state index contributed by atoms with van der Waals surface area (Å²) in [5, 5.41) is 0. The van der Waals surface area contributed by atoms with Crippen molar-refractivity contribution in [3.63, 3.8) is 0 Å². The number of hydrogen-bond donors (Lipinski definition) is 3. The van der Waals surface area contributed by atoms with Crippen LogP contribution in [0.15, 0.2) is 0 Å². The Bertz CT molecular complexity index is 78.2. The van der Waals surface area contributed by atoms with E-state index in [0.717, 1.165) is 18.2 Å². The predicted molar refractivity (Wildman–Crippen MR) is 54.0 cm³/mol. The number of thiol groups is 3. The summed E-state index contributed by atoms with van der Waals surface area (Å²) in [5.74, 6) is 0.888. The van der Waals surface area contributed by atoms with Gasteiger partial charge in [-0.05, 0) is 18.2 Å². The topological polar surface area (TPSA) is 9.23 Å². The molecular weight excluding hydrogens is 188 g/mol. The van der Waals surface area contributed by atoms with Gasteiger partial charge in [-0.15, -0.1) is 0 Å². The molecule has 0 atom stereocenters. The van der Waals surface area contributed by atoms with E-state index in [4.69, 9.17) is 4.43 Å². The molecule has 56 valence electrons. The van der Waals surface area contributed by atoms with Gasteiger partial charge in [0.2, 0.25) is 0 Å². The van der Waals surface area contributed by atoms with Crippen molar-refractivity contribution >= 4 is 43.4 Å². The molecule has 0 fully saturated rings. The van der Waals surface area contributed by atoms with Crippen molar-refractivity contribution in [1.29, 1.82) is 0 Å². The first-order valence-corrected chi connectivity index (χ1v) is 8.05. The van der Waals surface area contributed by atoms with Gasteiger partial charge in [0, 0.05) is 7.11 Å². The van der Waals surface area contributed by atoms with Crippen LogP contribution in [0.25, 0.3) is 0 Å². The van der Waals surface area contributed by atoms with Crippen LogP contribution in [0.1, 0.15) is 6.42 Å². The quantitative estimate of drug-likeness (QED) is 0.463. The van der Waals surface area contributed by atoms with Gasteiger partial charge in [0.05, 0.1) is 0 Å². The second-order valence-electron chi connectivity index (χ2n) is 1.77. The fourth-order valence-electron chi connectivity index (χ4n) is 0.411. The van der Waals surface area contributed by atoms with Crippen molar-refractivity contribution in [2.24, 2.45) is 0 Å². The Labute approximate surface area is 73.2 Å². The molecule has 0 aromatic rings. The lowest BCUT2D eigenvalue weighted by Gasteiger charge is -2.15. The van der Waals surface area contributed by atoms with E-state index in [-0.39, 0.29) is 0 Å². The number of hydrogen-bond acceptors (Lipinski definition) is 4. The van der Waals surface area contributed by atoms with Crippen molar-refractivity contribution in [3.8, 4) is 0 Å². The van der Waals surface area contributed by atoms with E-state index in [0.29, 0.717) is 0 Å². The highest BCUT2D eigenvalue weighted by Crippen LogP contribution is 2.21. The summed E-state index contributed by atoms with van der Waals surface area (Å²) in [6.45, 7) is -1.86. The third-order valence-corrected chi connectivity index (χ3v) is 5.40. The van der Waals surface area contributed by atoms with Crippen molar-refractivity contribution in [2.75, 3.05) is 12.9 Å². The highest BCUT2D eigenvalue weighted by Gasteiger charge is 2.22. The maximum absolute atomic E-state index is 5.07. The molecule has 0 unspecified atom stereocenters. The summed E-state index contributed by atoms with van der Waals surface area (Å²) in [5.41, 5.74) is 0. The molecule has 9 heavy (non-hydrogen) atoms. The fourth-order valence-corrected chi connectivity index (χ4v) is 2.66. The Balaban J connectivity index is 3.33. The first-order chi connectivity index (χ1) is 4.12. The van der Waals surface area contributed by atoms with Gasteiger partial charge in [0.25, 0.3) is 0 Å². The molecule has 0 rings (SSSR count). The first kappa shape index (κ1) is 10.2. The second kappa shape index (κ2) is 4.95. The largest absolute Gasteiger partial charge is 0.403 e. The molecule has 0 N–H and O–H groups in total. The fraction of sp³-hybridized carbons (Fsp3) is 1.00. The average Bonchev–Trinajstić information content (AvgIpc) is 1.84. The van der Waals surface area contributed by atoms with Crippen LogP contribution in [0.3, 0.4) is 0 Å². The smallest absolute Gasteiger partial charge is 0.312 e. The van der Waals surface area contributed by atoms with Crippen molar-refractivity contribution in [2.45, 2.75) is 12.5 Å². The van der Waals surface area contributed by atoms with Gasteiger partial charge in [0.1, 0.15) is 0 Å². The number of rotatable bonds is 4. The summed E-state index contributed by atoms with van der Waals surface area (Å²) in [7, 11) is 1.66. The van der Waals surface area contributed by atoms with Crippen molar-refractivity contribution in [3.05, 3.63) is 0 Å². The van der Waals surface area contributed by atoms with Gasteiger partial charge >= 0.3 is 6.62 Å². The van der Waals surface area contributed by atoms with E-state index < -0.39 is 6.62 Å². The summed E-state index contributed by atoms with van der Waals surface area (Å²) in [6.07, 6.45) is 1.04. The Morgan fingerprint density at radius 1 is 1.44 bits per heavy atom. The van der Waals surface area contributed by atoms with E-state index >= 15 is 0 Å². The third kappa shape index (κ3) is 5.66. The van der Waals surface area contributed by atoms with Gasteiger partial charge in [-0.2, -0.15) is 36.8 Å². The lowest BCUT2D eigenvalue weighted by molar-refractivity contribution is 0.430. The molecule has 0 spiro atoms. The van der Waals surface area contributed by atoms with Crippen molar-refractivity contribution in [1.82, 2.24) is 0 Å². The molecule has 0 aliphatic heterocycles. The molecule has 0 saturated carbocycles. The van der Waals surface area contributed by atoms with Gasteiger partial charge in [0.15, 0.2) is 0 Å². The molecular formula is C4H12OS3Si. The maximum Gasteiger partial charge on any atom is 0.312 e. The highest BCUT2D eigenvalue weighted by atomic mass is 32.5. The highest BCUT2D eigenvalue weighted by molar-refractivity contribution is 8.44. The van der Waals surface area contributed by atoms with Crippen molar-refractivity contribution < 1.29 is 4.43 Å². The third-order valence-electron chi connectivity index (χ3n) is 0.987. The standard InChI is InChI=1S/C4H12OS3Si/c1-5-9(7,8)4-2-3-6/h6-8H,2-4H2,1H3. The predicted octanol–water partition coefficient (Wildman–Crippen LogP) is 1.75. The molecule has 0 saturated heterocycles. The Kier molecular flexibility index (Phi) is 5.63. The first-order valence-electron chi connectivity index (χ1n) is 2.73. The van der Waals surface area contributed by atoms with E-state index in [1.165, 1.54) is 0 Å². The minimum atomic E-state index is -1.86. The van der Waals surface area contributed by atoms with E-state index in [9.17, 15) is 0 Å². The Hall–Kier alpha value is 1.23. The molecule has 0 bridgehead atoms. The SMILES string of the molecule is CO[Si](S)(S)CCCS. The van der Waals surface area contributed by atoms with Crippen LogP contribution >= 0.6 is 36.8 Å². The molecule has 0 aromatic carbocycles. The van der Waals surface area contributed by atoms with E-state index in [1.54, 1.807) is 7.11 Å². The van der Waals surface area contributed by atoms with Crippen LogP contribution in [0, 0.1) is 0 Å². The lowest BCUT2D eigenvalue weighted by Crippen LogP contribution is -2.22. The molecule has 0 aliphatic carbocycles. The van der Waals surface area contributed by atoms with Crippen LogP contribution < -0.4 is 0 Å². The van der Waals surface area contributed by atoms with E-state index in [1.807, 2.05) is 0 Å². The summed E-state index contributed by atoms with van der Waals surface area (Å²) in [6, 6.07) is 0.958. The minimum absolute atomic E-state index is 0.888.